The van der Waals surface area contributed by atoms with E-state index in [1.54, 1.807) is 0 Å². The first-order valence-corrected chi connectivity index (χ1v) is 7.44. The molecule has 0 spiro atoms. The van der Waals surface area contributed by atoms with Crippen LogP contribution in [0.5, 0.6) is 0 Å². The van der Waals surface area contributed by atoms with E-state index in [0.29, 0.717) is 19.0 Å². The molecule has 0 atom stereocenters. The number of nitrogens with zero attached hydrogens (tertiary/aromatic N) is 2. The van der Waals surface area contributed by atoms with Crippen LogP contribution in [0.25, 0.3) is 0 Å². The SMILES string of the molecule is CC(C)C(=O)NCCCN=C(N)N1CCCCCC1.I. The number of amides is 1. The summed E-state index contributed by atoms with van der Waals surface area (Å²) in [7, 11) is 0. The number of guanidine groups is 1. The van der Waals surface area contributed by atoms with Crippen molar-refractivity contribution in [2.45, 2.75) is 46.0 Å². The Morgan fingerprint density at radius 3 is 2.40 bits per heavy atom. The molecule has 0 saturated carbocycles. The third kappa shape index (κ3) is 7.91. The van der Waals surface area contributed by atoms with E-state index < -0.39 is 0 Å². The Morgan fingerprint density at radius 2 is 1.85 bits per heavy atom. The van der Waals surface area contributed by atoms with Gasteiger partial charge in [0.15, 0.2) is 5.96 Å². The highest BCUT2D eigenvalue weighted by molar-refractivity contribution is 14.0. The topological polar surface area (TPSA) is 70.7 Å². The number of rotatable bonds is 5. The van der Waals surface area contributed by atoms with Gasteiger partial charge in [-0.1, -0.05) is 26.7 Å². The van der Waals surface area contributed by atoms with Gasteiger partial charge >= 0.3 is 0 Å². The van der Waals surface area contributed by atoms with Crippen molar-refractivity contribution in [3.05, 3.63) is 0 Å². The highest BCUT2D eigenvalue weighted by Crippen LogP contribution is 2.08. The Kier molecular flexibility index (Phi) is 10.9. The smallest absolute Gasteiger partial charge is 0.222 e. The second-order valence-electron chi connectivity index (χ2n) is 5.44. The van der Waals surface area contributed by atoms with Gasteiger partial charge in [-0.15, -0.1) is 24.0 Å². The van der Waals surface area contributed by atoms with Crippen LogP contribution < -0.4 is 11.1 Å². The molecule has 0 unspecified atom stereocenters. The largest absolute Gasteiger partial charge is 0.370 e. The predicted molar refractivity (Wildman–Crippen MR) is 94.4 cm³/mol. The van der Waals surface area contributed by atoms with Crippen molar-refractivity contribution in [1.82, 2.24) is 10.2 Å². The summed E-state index contributed by atoms with van der Waals surface area (Å²) >= 11 is 0. The van der Waals surface area contributed by atoms with Crippen molar-refractivity contribution >= 4 is 35.8 Å². The predicted octanol–water partition coefficient (Wildman–Crippen LogP) is 1.96. The molecule has 5 nitrogen and oxygen atoms in total. The molecule has 1 saturated heterocycles. The highest BCUT2D eigenvalue weighted by atomic mass is 127. The van der Waals surface area contributed by atoms with E-state index in [2.05, 4.69) is 15.2 Å². The fourth-order valence-electron chi connectivity index (χ4n) is 2.09. The zero-order valence-corrected chi connectivity index (χ0v) is 15.1. The van der Waals surface area contributed by atoms with Gasteiger partial charge < -0.3 is 16.0 Å². The minimum atomic E-state index is 0. The number of aliphatic imine (C=N–C) groups is 1. The maximum Gasteiger partial charge on any atom is 0.222 e. The average Bonchev–Trinajstić information content (AvgIpc) is 2.66. The molecule has 1 rings (SSSR count). The maximum atomic E-state index is 11.3. The van der Waals surface area contributed by atoms with E-state index in [1.165, 1.54) is 25.7 Å². The van der Waals surface area contributed by atoms with Gasteiger partial charge in [0.05, 0.1) is 0 Å². The molecule has 1 aliphatic rings. The molecule has 20 heavy (non-hydrogen) atoms. The number of carbonyl (C=O) groups is 1. The van der Waals surface area contributed by atoms with Crippen LogP contribution in [0.2, 0.25) is 0 Å². The van der Waals surface area contributed by atoms with Crippen LogP contribution in [0.1, 0.15) is 46.0 Å². The lowest BCUT2D eigenvalue weighted by Gasteiger charge is -2.21. The van der Waals surface area contributed by atoms with Gasteiger partial charge in [-0.05, 0) is 19.3 Å². The molecule has 1 heterocycles. The molecule has 0 bridgehead atoms. The van der Waals surface area contributed by atoms with Gasteiger partial charge in [-0.2, -0.15) is 0 Å². The molecule has 0 aliphatic carbocycles. The molecule has 118 valence electrons. The van der Waals surface area contributed by atoms with E-state index in [9.17, 15) is 4.79 Å². The summed E-state index contributed by atoms with van der Waals surface area (Å²) in [6, 6.07) is 0. The van der Waals surface area contributed by atoms with Crippen molar-refractivity contribution in [3.63, 3.8) is 0 Å². The summed E-state index contributed by atoms with van der Waals surface area (Å²) in [5.41, 5.74) is 6.00. The first kappa shape index (κ1) is 19.5. The number of carbonyl (C=O) groups excluding carboxylic acids is 1. The molecule has 6 heteroatoms. The zero-order valence-electron chi connectivity index (χ0n) is 12.7. The van der Waals surface area contributed by atoms with Gasteiger partial charge in [0, 0.05) is 32.1 Å². The highest BCUT2D eigenvalue weighted by Gasteiger charge is 2.10. The Labute approximate surface area is 139 Å². The molecular weight excluding hydrogens is 367 g/mol. The van der Waals surface area contributed by atoms with Crippen molar-refractivity contribution in [3.8, 4) is 0 Å². The fourth-order valence-corrected chi connectivity index (χ4v) is 2.09. The first-order valence-electron chi connectivity index (χ1n) is 7.44. The number of hydrogen-bond acceptors (Lipinski definition) is 2. The monoisotopic (exact) mass is 396 g/mol. The molecule has 0 aromatic heterocycles. The Morgan fingerprint density at radius 1 is 1.25 bits per heavy atom. The number of hydrogen-bond donors (Lipinski definition) is 2. The van der Waals surface area contributed by atoms with Crippen molar-refractivity contribution in [1.29, 1.82) is 0 Å². The third-order valence-corrected chi connectivity index (χ3v) is 3.36. The van der Waals surface area contributed by atoms with E-state index in [1.807, 2.05) is 13.8 Å². The summed E-state index contributed by atoms with van der Waals surface area (Å²) in [5, 5.41) is 2.88. The molecule has 1 aliphatic heterocycles. The van der Waals surface area contributed by atoms with Crippen LogP contribution in [-0.2, 0) is 4.79 Å². The first-order chi connectivity index (χ1) is 9.11. The zero-order chi connectivity index (χ0) is 14.1. The summed E-state index contributed by atoms with van der Waals surface area (Å²) in [6.07, 6.45) is 5.85. The van der Waals surface area contributed by atoms with Crippen molar-refractivity contribution in [2.75, 3.05) is 26.2 Å². The van der Waals surface area contributed by atoms with Crippen LogP contribution in [0, 0.1) is 5.92 Å². The molecular formula is C14H29IN4O. The third-order valence-electron chi connectivity index (χ3n) is 3.36. The molecule has 1 fully saturated rings. The van der Waals surface area contributed by atoms with Gasteiger partial charge in [0.1, 0.15) is 0 Å². The van der Waals surface area contributed by atoms with Crippen molar-refractivity contribution in [2.24, 2.45) is 16.6 Å². The average molecular weight is 396 g/mol. The summed E-state index contributed by atoms with van der Waals surface area (Å²) in [5.74, 6) is 0.812. The van der Waals surface area contributed by atoms with Gasteiger partial charge in [0.25, 0.3) is 0 Å². The lowest BCUT2D eigenvalue weighted by molar-refractivity contribution is -0.123. The van der Waals surface area contributed by atoms with Crippen molar-refractivity contribution < 1.29 is 4.79 Å². The minimum Gasteiger partial charge on any atom is -0.370 e. The lowest BCUT2D eigenvalue weighted by Crippen LogP contribution is -2.38. The normalized spacial score (nSPS) is 16.6. The number of halogens is 1. The second kappa shape index (κ2) is 11.2. The molecule has 3 N–H and O–H groups in total. The van der Waals surface area contributed by atoms with Gasteiger partial charge in [-0.25, -0.2) is 0 Å². The molecule has 1 amide bonds. The van der Waals surface area contributed by atoms with E-state index >= 15 is 0 Å². The number of likely N-dealkylation sites (tertiary alicyclic amines) is 1. The number of nitrogens with one attached hydrogen (secondary N) is 1. The summed E-state index contributed by atoms with van der Waals surface area (Å²) < 4.78 is 0. The molecule has 0 radical (unpaired) electrons. The van der Waals surface area contributed by atoms with E-state index in [0.717, 1.165) is 19.5 Å². The Hall–Kier alpha value is -0.530. The van der Waals surface area contributed by atoms with Crippen LogP contribution in [-0.4, -0.2) is 42.9 Å². The van der Waals surface area contributed by atoms with Crippen LogP contribution >= 0.6 is 24.0 Å². The van der Waals surface area contributed by atoms with E-state index in [4.69, 9.17) is 5.73 Å². The summed E-state index contributed by atoms with van der Waals surface area (Å²) in [6.45, 7) is 7.20. The van der Waals surface area contributed by atoms with Crippen LogP contribution in [0.3, 0.4) is 0 Å². The summed E-state index contributed by atoms with van der Waals surface area (Å²) in [4.78, 5) is 17.9. The van der Waals surface area contributed by atoms with Gasteiger partial charge in [-0.3, -0.25) is 9.79 Å². The molecule has 0 aromatic rings. The van der Waals surface area contributed by atoms with Crippen LogP contribution in [0.15, 0.2) is 4.99 Å². The second-order valence-corrected chi connectivity index (χ2v) is 5.44. The van der Waals surface area contributed by atoms with E-state index in [-0.39, 0.29) is 35.8 Å². The quantitative estimate of drug-likeness (QED) is 0.323. The van der Waals surface area contributed by atoms with Gasteiger partial charge in [0.2, 0.25) is 5.91 Å². The fraction of sp³-hybridized carbons (Fsp3) is 0.857. The number of nitrogens with two attached hydrogens (primary N) is 1. The maximum absolute atomic E-state index is 11.3. The minimum absolute atomic E-state index is 0. The Balaban J connectivity index is 0.00000361. The molecule has 0 aromatic carbocycles. The van der Waals surface area contributed by atoms with Crippen LogP contribution in [0.4, 0.5) is 0 Å². The Bertz CT molecular complexity index is 300. The standard InChI is InChI=1S/C14H28N4O.HI/c1-12(2)13(19)16-8-7-9-17-14(15)18-10-5-3-4-6-11-18;/h12H,3-11H2,1-2H3,(H2,15,17)(H,16,19);1H. The lowest BCUT2D eigenvalue weighted by atomic mass is 10.2.